The monoisotopic (exact) mass is 347 g/mol. The highest BCUT2D eigenvalue weighted by molar-refractivity contribution is 5.93. The van der Waals surface area contributed by atoms with E-state index in [9.17, 15) is 9.59 Å². The number of hydrogen-bond donors (Lipinski definition) is 2. The predicted octanol–water partition coefficient (Wildman–Crippen LogP) is 2.95. The molecule has 130 valence electrons. The van der Waals surface area contributed by atoms with E-state index in [4.69, 9.17) is 4.42 Å². The van der Waals surface area contributed by atoms with Crippen LogP contribution in [-0.2, 0) is 6.42 Å². The molecule has 2 heterocycles. The number of aryl methyl sites for hydroxylation is 1. The van der Waals surface area contributed by atoms with Gasteiger partial charge < -0.3 is 14.7 Å². The summed E-state index contributed by atoms with van der Waals surface area (Å²) in [6.07, 6.45) is 0.553. The van der Waals surface area contributed by atoms with Crippen molar-refractivity contribution in [2.24, 2.45) is 0 Å². The van der Waals surface area contributed by atoms with Crippen LogP contribution in [0.15, 0.2) is 57.7 Å². The maximum atomic E-state index is 12.3. The molecule has 0 saturated heterocycles. The van der Waals surface area contributed by atoms with E-state index in [0.29, 0.717) is 23.9 Å². The molecule has 4 aromatic rings. The minimum atomic E-state index is -0.417. The molecular weight excluding hydrogens is 330 g/mol. The zero-order chi connectivity index (χ0) is 18.1. The number of fused-ring (bicyclic) bond motifs is 2. The largest absolute Gasteiger partial charge is 0.451 e. The summed E-state index contributed by atoms with van der Waals surface area (Å²) in [4.78, 5) is 32.2. The summed E-state index contributed by atoms with van der Waals surface area (Å²) in [5.74, 6) is 0.392. The fraction of sp³-hybridized carbons (Fsp3) is 0.150. The van der Waals surface area contributed by atoms with Gasteiger partial charge in [0.15, 0.2) is 11.2 Å². The van der Waals surface area contributed by atoms with Crippen LogP contribution in [0.4, 0.5) is 0 Å². The van der Waals surface area contributed by atoms with E-state index >= 15 is 0 Å². The fourth-order valence-corrected chi connectivity index (χ4v) is 2.94. The molecule has 26 heavy (non-hydrogen) atoms. The Morgan fingerprint density at radius 1 is 1.19 bits per heavy atom. The van der Waals surface area contributed by atoms with Gasteiger partial charge in [0.25, 0.3) is 5.91 Å². The van der Waals surface area contributed by atoms with Crippen molar-refractivity contribution >= 4 is 27.9 Å². The lowest BCUT2D eigenvalue weighted by Gasteiger charge is -2.04. The molecule has 0 radical (unpaired) electrons. The van der Waals surface area contributed by atoms with Gasteiger partial charge in [-0.1, -0.05) is 24.3 Å². The van der Waals surface area contributed by atoms with Crippen LogP contribution in [0.1, 0.15) is 21.9 Å². The summed E-state index contributed by atoms with van der Waals surface area (Å²) >= 11 is 0. The number of para-hydroxylation sites is 2. The lowest BCUT2D eigenvalue weighted by molar-refractivity contribution is 0.0927. The van der Waals surface area contributed by atoms with Crippen molar-refractivity contribution in [1.29, 1.82) is 0 Å². The Labute approximate surface area is 148 Å². The Bertz CT molecular complexity index is 1170. The minimum Gasteiger partial charge on any atom is -0.451 e. The molecule has 2 aromatic heterocycles. The number of carbonyl (C=O) groups excluding carboxylic acids is 1. The van der Waals surface area contributed by atoms with Crippen molar-refractivity contribution in [3.05, 3.63) is 75.9 Å². The third kappa shape index (κ3) is 2.97. The van der Waals surface area contributed by atoms with Crippen LogP contribution in [0.5, 0.6) is 0 Å². The van der Waals surface area contributed by atoms with Crippen LogP contribution < -0.4 is 10.7 Å². The van der Waals surface area contributed by atoms with E-state index in [-0.39, 0.29) is 11.2 Å². The maximum absolute atomic E-state index is 12.3. The third-order valence-electron chi connectivity index (χ3n) is 4.27. The number of nitrogens with one attached hydrogen (secondary N) is 2. The summed E-state index contributed by atoms with van der Waals surface area (Å²) in [7, 11) is 0. The maximum Gasteiger partial charge on any atom is 0.287 e. The number of H-pyrrole nitrogens is 1. The molecule has 2 N–H and O–H groups in total. The summed E-state index contributed by atoms with van der Waals surface area (Å²) < 4.78 is 5.54. The Morgan fingerprint density at radius 3 is 2.88 bits per heavy atom. The molecule has 0 aliphatic carbocycles. The number of hydrogen-bond acceptors (Lipinski definition) is 4. The van der Waals surface area contributed by atoms with Gasteiger partial charge in [-0.25, -0.2) is 4.98 Å². The van der Waals surface area contributed by atoms with E-state index in [2.05, 4.69) is 15.3 Å². The minimum absolute atomic E-state index is 0.00847. The number of rotatable bonds is 4. The Morgan fingerprint density at radius 2 is 2.04 bits per heavy atom. The van der Waals surface area contributed by atoms with Gasteiger partial charge in [-0.05, 0) is 30.7 Å². The van der Waals surface area contributed by atoms with Crippen molar-refractivity contribution in [3.8, 4) is 0 Å². The quantitative estimate of drug-likeness (QED) is 0.594. The summed E-state index contributed by atoms with van der Waals surface area (Å²) in [5, 5.41) is 3.23. The summed E-state index contributed by atoms with van der Waals surface area (Å²) in [6, 6.07) is 14.0. The zero-order valence-electron chi connectivity index (χ0n) is 14.2. The molecule has 0 bridgehead atoms. The molecule has 6 heteroatoms. The van der Waals surface area contributed by atoms with E-state index in [1.165, 1.54) is 6.07 Å². The van der Waals surface area contributed by atoms with E-state index in [1.807, 2.05) is 25.1 Å². The molecule has 0 aliphatic rings. The Hall–Kier alpha value is -3.41. The molecule has 0 aliphatic heterocycles. The Balaban J connectivity index is 1.46. The zero-order valence-corrected chi connectivity index (χ0v) is 14.2. The molecule has 2 aromatic carbocycles. The average Bonchev–Trinajstić information content (AvgIpc) is 3.06. The standard InChI is InChI=1S/C20H17N3O3/c1-12-5-4-7-14-19(12)23-18(22-14)9-10-21-20(25)17-11-15(24)13-6-2-3-8-16(13)26-17/h2-8,11H,9-10H2,1H3,(H,21,25)(H,22,23). The van der Waals surface area contributed by atoms with Crippen molar-refractivity contribution in [1.82, 2.24) is 15.3 Å². The van der Waals surface area contributed by atoms with Crippen molar-refractivity contribution in [3.63, 3.8) is 0 Å². The second kappa shape index (κ2) is 6.48. The third-order valence-corrected chi connectivity index (χ3v) is 4.27. The first kappa shape index (κ1) is 16.1. The van der Waals surface area contributed by atoms with Gasteiger partial charge in [-0.3, -0.25) is 9.59 Å². The van der Waals surface area contributed by atoms with Gasteiger partial charge >= 0.3 is 0 Å². The first-order chi connectivity index (χ1) is 12.6. The number of aromatic nitrogens is 2. The molecule has 0 atom stereocenters. The normalized spacial score (nSPS) is 11.1. The highest BCUT2D eigenvalue weighted by Gasteiger charge is 2.12. The predicted molar refractivity (Wildman–Crippen MR) is 99.4 cm³/mol. The van der Waals surface area contributed by atoms with Gasteiger partial charge in [-0.2, -0.15) is 0 Å². The fourth-order valence-electron chi connectivity index (χ4n) is 2.94. The summed E-state index contributed by atoms with van der Waals surface area (Å²) in [5.41, 5.74) is 3.19. The Kier molecular flexibility index (Phi) is 4.01. The van der Waals surface area contributed by atoms with Crippen LogP contribution in [-0.4, -0.2) is 22.4 Å². The number of nitrogens with zero attached hydrogens (tertiary/aromatic N) is 1. The second-order valence-corrected chi connectivity index (χ2v) is 6.13. The number of imidazole rings is 1. The number of aromatic amines is 1. The molecule has 6 nitrogen and oxygen atoms in total. The highest BCUT2D eigenvalue weighted by atomic mass is 16.3. The lowest BCUT2D eigenvalue weighted by Crippen LogP contribution is -2.26. The molecule has 1 amide bonds. The van der Waals surface area contributed by atoms with Crippen LogP contribution in [0.25, 0.3) is 22.0 Å². The SMILES string of the molecule is Cc1cccc2[nH]c(CCNC(=O)c3cc(=O)c4ccccc4o3)nc12. The van der Waals surface area contributed by atoms with Crippen molar-refractivity contribution in [2.75, 3.05) is 6.54 Å². The molecular formula is C20H17N3O3. The highest BCUT2D eigenvalue weighted by Crippen LogP contribution is 2.15. The second-order valence-electron chi connectivity index (χ2n) is 6.13. The van der Waals surface area contributed by atoms with Crippen molar-refractivity contribution < 1.29 is 9.21 Å². The first-order valence-corrected chi connectivity index (χ1v) is 8.37. The first-order valence-electron chi connectivity index (χ1n) is 8.37. The molecule has 0 spiro atoms. The van der Waals surface area contributed by atoms with Crippen LogP contribution >= 0.6 is 0 Å². The van der Waals surface area contributed by atoms with E-state index < -0.39 is 5.91 Å². The van der Waals surface area contributed by atoms with E-state index in [0.717, 1.165) is 22.4 Å². The topological polar surface area (TPSA) is 88.0 Å². The number of amides is 1. The van der Waals surface area contributed by atoms with Gasteiger partial charge in [-0.15, -0.1) is 0 Å². The average molecular weight is 347 g/mol. The van der Waals surface area contributed by atoms with Gasteiger partial charge in [0.1, 0.15) is 11.4 Å². The molecule has 0 saturated carbocycles. The van der Waals surface area contributed by atoms with Gasteiger partial charge in [0.05, 0.1) is 16.4 Å². The van der Waals surface area contributed by atoms with Crippen LogP contribution in [0.2, 0.25) is 0 Å². The van der Waals surface area contributed by atoms with Gasteiger partial charge in [0, 0.05) is 19.0 Å². The molecule has 0 unspecified atom stereocenters. The molecule has 4 rings (SSSR count). The van der Waals surface area contributed by atoms with Crippen molar-refractivity contribution in [2.45, 2.75) is 13.3 Å². The van der Waals surface area contributed by atoms with Gasteiger partial charge in [0.2, 0.25) is 0 Å². The number of carbonyl (C=O) groups is 1. The van der Waals surface area contributed by atoms with Crippen LogP contribution in [0, 0.1) is 6.92 Å². The number of benzene rings is 2. The summed E-state index contributed by atoms with van der Waals surface area (Å²) in [6.45, 7) is 2.39. The smallest absolute Gasteiger partial charge is 0.287 e. The lowest BCUT2D eigenvalue weighted by atomic mass is 10.2. The van der Waals surface area contributed by atoms with E-state index in [1.54, 1.807) is 24.3 Å². The molecule has 0 fully saturated rings. The van der Waals surface area contributed by atoms with Crippen LogP contribution in [0.3, 0.4) is 0 Å².